The van der Waals surface area contributed by atoms with Crippen LogP contribution in [0.2, 0.25) is 0 Å². The van der Waals surface area contributed by atoms with Gasteiger partial charge in [0, 0.05) is 0 Å². The number of ether oxygens (including phenoxy) is 2. The molecule has 0 saturated carbocycles. The Morgan fingerprint density at radius 1 is 0.542 bits per heavy atom. The molecular weight excluding hydrogens is 304 g/mol. The minimum atomic E-state index is -0.472. The normalized spacial score (nSPS) is 13.0. The molecule has 4 bridgehead atoms. The lowest BCUT2D eigenvalue weighted by Gasteiger charge is -2.14. The van der Waals surface area contributed by atoms with Crippen LogP contribution in [-0.4, -0.2) is 11.9 Å². The van der Waals surface area contributed by atoms with E-state index in [4.69, 9.17) is 9.47 Å². The zero-order valence-corrected chi connectivity index (χ0v) is 12.6. The number of carbonyl (C=O) groups excluding carboxylic acids is 2. The fourth-order valence-corrected chi connectivity index (χ4v) is 2.61. The van der Waals surface area contributed by atoms with E-state index in [1.54, 1.807) is 42.5 Å². The van der Waals surface area contributed by atoms with Crippen LogP contribution >= 0.6 is 0 Å². The third kappa shape index (κ3) is 2.54. The molecule has 24 heavy (non-hydrogen) atoms. The summed E-state index contributed by atoms with van der Waals surface area (Å²) >= 11 is 0. The summed E-state index contributed by atoms with van der Waals surface area (Å²) in [5, 5.41) is 0. The van der Waals surface area contributed by atoms with Gasteiger partial charge in [-0.1, -0.05) is 30.3 Å². The van der Waals surface area contributed by atoms with Crippen molar-refractivity contribution in [2.45, 2.75) is 0 Å². The van der Waals surface area contributed by atoms with Crippen molar-refractivity contribution in [2.75, 3.05) is 0 Å². The summed E-state index contributed by atoms with van der Waals surface area (Å²) in [5.74, 6) is -0.156. The minimum Gasteiger partial charge on any atom is -0.423 e. The monoisotopic (exact) mass is 316 g/mol. The Hall–Kier alpha value is -3.40. The Kier molecular flexibility index (Phi) is 3.35. The van der Waals surface area contributed by atoms with Gasteiger partial charge in [0.1, 0.15) is 11.5 Å². The molecule has 0 aromatic heterocycles. The van der Waals surface area contributed by atoms with Crippen molar-refractivity contribution >= 4 is 11.9 Å². The second-order valence-corrected chi connectivity index (χ2v) is 5.38. The van der Waals surface area contributed by atoms with Gasteiger partial charge in [0.15, 0.2) is 0 Å². The molecule has 0 amide bonds. The Morgan fingerprint density at radius 2 is 1.17 bits per heavy atom. The topological polar surface area (TPSA) is 52.6 Å². The first-order valence-corrected chi connectivity index (χ1v) is 7.44. The van der Waals surface area contributed by atoms with Crippen molar-refractivity contribution in [1.82, 2.24) is 0 Å². The predicted octanol–water partition coefficient (Wildman–Crippen LogP) is 4.11. The molecule has 3 aromatic rings. The van der Waals surface area contributed by atoms with Crippen molar-refractivity contribution in [2.24, 2.45) is 0 Å². The van der Waals surface area contributed by atoms with Gasteiger partial charge in [0.25, 0.3) is 0 Å². The molecule has 0 spiro atoms. The molecule has 0 fully saturated rings. The van der Waals surface area contributed by atoms with Crippen LogP contribution in [0.5, 0.6) is 11.5 Å². The Bertz CT molecular complexity index is 928. The first-order chi connectivity index (χ1) is 11.7. The lowest BCUT2D eigenvalue weighted by molar-refractivity contribution is 0.0715. The third-order valence-electron chi connectivity index (χ3n) is 3.80. The number of hydrogen-bond acceptors (Lipinski definition) is 4. The van der Waals surface area contributed by atoms with E-state index < -0.39 is 11.9 Å². The van der Waals surface area contributed by atoms with Crippen LogP contribution in [0.1, 0.15) is 20.7 Å². The molecule has 4 heteroatoms. The third-order valence-corrected chi connectivity index (χ3v) is 3.80. The number of esters is 2. The molecule has 4 heterocycles. The van der Waals surface area contributed by atoms with E-state index in [1.165, 1.54) is 0 Å². The predicted molar refractivity (Wildman–Crippen MR) is 88.2 cm³/mol. The Morgan fingerprint density at radius 3 is 1.83 bits per heavy atom. The Labute approximate surface area is 138 Å². The summed E-state index contributed by atoms with van der Waals surface area (Å²) < 4.78 is 10.8. The van der Waals surface area contributed by atoms with Gasteiger partial charge in [-0.05, 0) is 53.6 Å². The van der Waals surface area contributed by atoms with Crippen LogP contribution in [0.4, 0.5) is 0 Å². The number of carbonyl (C=O) groups is 2. The Balaban J connectivity index is 1.91. The van der Waals surface area contributed by atoms with Crippen molar-refractivity contribution in [1.29, 1.82) is 0 Å². The SMILES string of the molecule is O=C1Oc2ccc(cc2)OC(=O)c2ccc1cc2-c1ccccc1. The van der Waals surface area contributed by atoms with Gasteiger partial charge in [-0.2, -0.15) is 0 Å². The van der Waals surface area contributed by atoms with E-state index >= 15 is 0 Å². The maximum Gasteiger partial charge on any atom is 0.344 e. The van der Waals surface area contributed by atoms with E-state index in [9.17, 15) is 9.59 Å². The van der Waals surface area contributed by atoms with Gasteiger partial charge in [0.2, 0.25) is 0 Å². The molecule has 7 rings (SSSR count). The largest absolute Gasteiger partial charge is 0.423 e. The molecule has 0 unspecified atom stereocenters. The summed E-state index contributed by atoms with van der Waals surface area (Å²) in [6, 6.07) is 20.6. The summed E-state index contributed by atoms with van der Waals surface area (Å²) in [4.78, 5) is 24.9. The molecule has 4 aliphatic rings. The highest BCUT2D eigenvalue weighted by Crippen LogP contribution is 2.28. The molecule has 0 atom stereocenters. The van der Waals surface area contributed by atoms with Gasteiger partial charge < -0.3 is 9.47 Å². The summed E-state index contributed by atoms with van der Waals surface area (Å²) in [7, 11) is 0. The van der Waals surface area contributed by atoms with Crippen LogP contribution in [0.15, 0.2) is 72.8 Å². The maximum absolute atomic E-state index is 12.6. The lowest BCUT2D eigenvalue weighted by Crippen LogP contribution is -2.14. The summed E-state index contributed by atoms with van der Waals surface area (Å²) in [6.45, 7) is 0. The molecule has 0 saturated heterocycles. The summed E-state index contributed by atoms with van der Waals surface area (Å²) in [6.07, 6.45) is 0. The van der Waals surface area contributed by atoms with Crippen molar-refractivity contribution in [3.05, 3.63) is 83.9 Å². The number of benzene rings is 3. The molecule has 0 aliphatic carbocycles. The average Bonchev–Trinajstić information content (AvgIpc) is 2.62. The first kappa shape index (κ1) is 14.2. The molecule has 0 N–H and O–H groups in total. The quantitative estimate of drug-likeness (QED) is 0.501. The zero-order chi connectivity index (χ0) is 16.5. The van der Waals surface area contributed by atoms with E-state index in [0.29, 0.717) is 28.2 Å². The molecule has 3 aromatic carbocycles. The molecule has 0 radical (unpaired) electrons. The maximum atomic E-state index is 12.6. The second kappa shape index (κ2) is 5.66. The standard InChI is InChI=1S/C20H12O4/c21-19-14-6-11-17(18(12-14)13-4-2-1-3-5-13)20(22)24-16-9-7-15(23-19)8-10-16/h1-12H. The lowest BCUT2D eigenvalue weighted by atomic mass is 9.97. The van der Waals surface area contributed by atoms with Crippen LogP contribution in [0.3, 0.4) is 0 Å². The molecule has 4 aliphatic heterocycles. The van der Waals surface area contributed by atoms with Gasteiger partial charge in [-0.3, -0.25) is 0 Å². The molecular formula is C20H12O4. The average molecular weight is 316 g/mol. The fraction of sp³-hybridized carbons (Fsp3) is 0. The van der Waals surface area contributed by atoms with Gasteiger partial charge in [0.05, 0.1) is 11.1 Å². The van der Waals surface area contributed by atoms with Crippen molar-refractivity contribution in [3.63, 3.8) is 0 Å². The van der Waals surface area contributed by atoms with Crippen LogP contribution in [-0.2, 0) is 0 Å². The van der Waals surface area contributed by atoms with Gasteiger partial charge in [-0.25, -0.2) is 9.59 Å². The zero-order valence-electron chi connectivity index (χ0n) is 12.6. The number of hydrogen-bond donors (Lipinski definition) is 0. The number of rotatable bonds is 1. The van der Waals surface area contributed by atoms with E-state index in [2.05, 4.69) is 0 Å². The highest BCUT2D eigenvalue weighted by molar-refractivity contribution is 6.01. The first-order valence-electron chi connectivity index (χ1n) is 7.44. The van der Waals surface area contributed by atoms with Crippen LogP contribution in [0, 0.1) is 0 Å². The fourth-order valence-electron chi connectivity index (χ4n) is 2.61. The van der Waals surface area contributed by atoms with Gasteiger partial charge in [-0.15, -0.1) is 0 Å². The molecule has 4 nitrogen and oxygen atoms in total. The minimum absolute atomic E-state index is 0.370. The summed E-state index contributed by atoms with van der Waals surface area (Å²) in [5.41, 5.74) is 2.22. The highest BCUT2D eigenvalue weighted by Gasteiger charge is 2.20. The van der Waals surface area contributed by atoms with E-state index in [-0.39, 0.29) is 0 Å². The smallest absolute Gasteiger partial charge is 0.344 e. The highest BCUT2D eigenvalue weighted by atomic mass is 16.5. The van der Waals surface area contributed by atoms with Crippen molar-refractivity contribution < 1.29 is 19.1 Å². The second-order valence-electron chi connectivity index (χ2n) is 5.38. The van der Waals surface area contributed by atoms with Crippen molar-refractivity contribution in [3.8, 4) is 22.6 Å². The van der Waals surface area contributed by atoms with Gasteiger partial charge >= 0.3 is 11.9 Å². The van der Waals surface area contributed by atoms with E-state index in [0.717, 1.165) is 5.56 Å². The molecule has 116 valence electrons. The van der Waals surface area contributed by atoms with E-state index in [1.807, 2.05) is 30.3 Å². The van der Waals surface area contributed by atoms with Crippen LogP contribution < -0.4 is 9.47 Å². The van der Waals surface area contributed by atoms with Crippen LogP contribution in [0.25, 0.3) is 11.1 Å².